The fourth-order valence-corrected chi connectivity index (χ4v) is 3.73. The zero-order chi connectivity index (χ0) is 19.5. The highest BCUT2D eigenvalue weighted by Gasteiger charge is 2.23. The first kappa shape index (κ1) is 18.6. The van der Waals surface area contributed by atoms with Crippen molar-refractivity contribution in [2.45, 2.75) is 51.0 Å². The Balaban J connectivity index is 1.58. The monoisotopic (exact) mass is 380 g/mol. The van der Waals surface area contributed by atoms with E-state index in [0.717, 1.165) is 67.2 Å². The lowest BCUT2D eigenvalue weighted by atomic mass is 9.85. The van der Waals surface area contributed by atoms with E-state index in [0.29, 0.717) is 17.8 Å². The predicted molar refractivity (Wildman–Crippen MR) is 112 cm³/mol. The second kappa shape index (κ2) is 8.06. The predicted octanol–water partition coefficient (Wildman–Crippen LogP) is 3.83. The normalized spacial score (nSPS) is 19.6. The van der Waals surface area contributed by atoms with E-state index in [1.54, 1.807) is 4.52 Å². The SMILES string of the molecule is CCCOc1ccc(Nc2cc(N)nn3cc(C4CCC(N)CC4)nc23)cc1. The maximum Gasteiger partial charge on any atom is 0.177 e. The largest absolute Gasteiger partial charge is 0.494 e. The summed E-state index contributed by atoms with van der Waals surface area (Å²) < 4.78 is 7.42. The van der Waals surface area contributed by atoms with Crippen LogP contribution in [0.15, 0.2) is 36.5 Å². The minimum absolute atomic E-state index is 0.323. The number of hydrogen-bond donors (Lipinski definition) is 3. The standard InChI is InChI=1S/C21H28N6O/c1-2-11-28-17-9-7-16(8-10-17)24-18-12-20(23)26-27-13-19(25-21(18)27)14-3-5-15(22)6-4-14/h7-10,12-15,24H,2-6,11,22H2,1H3,(H2,23,26). The van der Waals surface area contributed by atoms with Gasteiger partial charge in [-0.2, -0.15) is 0 Å². The first-order valence-corrected chi connectivity index (χ1v) is 10.0. The van der Waals surface area contributed by atoms with Crippen LogP contribution in [0.5, 0.6) is 5.75 Å². The molecule has 0 aliphatic heterocycles. The molecule has 2 aromatic heterocycles. The Hall–Kier alpha value is -2.80. The number of benzene rings is 1. The highest BCUT2D eigenvalue weighted by Crippen LogP contribution is 2.33. The Kier molecular flexibility index (Phi) is 5.34. The van der Waals surface area contributed by atoms with E-state index < -0.39 is 0 Å². The van der Waals surface area contributed by atoms with Gasteiger partial charge in [-0.25, -0.2) is 9.50 Å². The maximum absolute atomic E-state index is 6.04. The molecule has 1 saturated carbocycles. The molecule has 3 aromatic rings. The topological polar surface area (TPSA) is 103 Å². The van der Waals surface area contributed by atoms with Crippen LogP contribution < -0.4 is 21.5 Å². The second-order valence-corrected chi connectivity index (χ2v) is 7.53. The van der Waals surface area contributed by atoms with Gasteiger partial charge in [0, 0.05) is 23.7 Å². The summed E-state index contributed by atoms with van der Waals surface area (Å²) in [6.07, 6.45) is 7.23. The van der Waals surface area contributed by atoms with Gasteiger partial charge in [0.25, 0.3) is 0 Å². The van der Waals surface area contributed by atoms with Crippen molar-refractivity contribution in [1.82, 2.24) is 14.6 Å². The fraction of sp³-hybridized carbons (Fsp3) is 0.429. The van der Waals surface area contributed by atoms with Crippen LogP contribution in [0.4, 0.5) is 17.2 Å². The Labute approximate surface area is 165 Å². The van der Waals surface area contributed by atoms with Gasteiger partial charge in [0.05, 0.1) is 24.2 Å². The van der Waals surface area contributed by atoms with Crippen molar-refractivity contribution in [3.63, 3.8) is 0 Å². The Morgan fingerprint density at radius 1 is 1.18 bits per heavy atom. The second-order valence-electron chi connectivity index (χ2n) is 7.53. The van der Waals surface area contributed by atoms with E-state index in [1.807, 2.05) is 36.5 Å². The van der Waals surface area contributed by atoms with Gasteiger partial charge in [-0.3, -0.25) is 0 Å². The quantitative estimate of drug-likeness (QED) is 0.600. The van der Waals surface area contributed by atoms with Gasteiger partial charge in [-0.05, 0) is 56.4 Å². The Morgan fingerprint density at radius 3 is 2.64 bits per heavy atom. The summed E-state index contributed by atoms with van der Waals surface area (Å²) in [7, 11) is 0. The molecule has 1 aromatic carbocycles. The lowest BCUT2D eigenvalue weighted by Gasteiger charge is -2.24. The molecule has 5 N–H and O–H groups in total. The zero-order valence-corrected chi connectivity index (χ0v) is 16.3. The summed E-state index contributed by atoms with van der Waals surface area (Å²) in [6, 6.07) is 10.0. The molecule has 1 fully saturated rings. The van der Waals surface area contributed by atoms with Crippen molar-refractivity contribution < 1.29 is 4.74 Å². The average molecular weight is 380 g/mol. The van der Waals surface area contributed by atoms with Gasteiger partial charge in [0.15, 0.2) is 5.65 Å². The molecule has 28 heavy (non-hydrogen) atoms. The molecule has 1 aliphatic carbocycles. The van der Waals surface area contributed by atoms with Crippen LogP contribution in [0.2, 0.25) is 0 Å². The molecule has 1 aliphatic rings. The van der Waals surface area contributed by atoms with Crippen LogP contribution in [-0.4, -0.2) is 27.2 Å². The van der Waals surface area contributed by atoms with Crippen molar-refractivity contribution in [2.75, 3.05) is 17.7 Å². The summed E-state index contributed by atoms with van der Waals surface area (Å²) in [5.41, 5.74) is 15.7. The van der Waals surface area contributed by atoms with Gasteiger partial charge in [0.1, 0.15) is 11.6 Å². The van der Waals surface area contributed by atoms with Crippen LogP contribution in [-0.2, 0) is 0 Å². The number of ether oxygens (including phenoxy) is 1. The maximum atomic E-state index is 6.04. The van der Waals surface area contributed by atoms with Crippen LogP contribution in [0.1, 0.15) is 50.6 Å². The van der Waals surface area contributed by atoms with Crippen LogP contribution in [0.25, 0.3) is 5.65 Å². The molecule has 2 heterocycles. The van der Waals surface area contributed by atoms with Crippen LogP contribution in [0, 0.1) is 0 Å². The lowest BCUT2D eigenvalue weighted by molar-refractivity contribution is 0.317. The molecule has 0 unspecified atom stereocenters. The zero-order valence-electron chi connectivity index (χ0n) is 16.3. The summed E-state index contributed by atoms with van der Waals surface area (Å²) >= 11 is 0. The average Bonchev–Trinajstić information content (AvgIpc) is 3.12. The Bertz CT molecular complexity index is 928. The number of imidazole rings is 1. The van der Waals surface area contributed by atoms with E-state index in [4.69, 9.17) is 21.2 Å². The molecule has 148 valence electrons. The van der Waals surface area contributed by atoms with Crippen molar-refractivity contribution in [2.24, 2.45) is 5.73 Å². The molecule has 7 nitrogen and oxygen atoms in total. The van der Waals surface area contributed by atoms with Gasteiger partial charge < -0.3 is 21.5 Å². The van der Waals surface area contributed by atoms with E-state index in [1.165, 1.54) is 0 Å². The first-order chi connectivity index (χ1) is 13.6. The number of nitrogens with zero attached hydrogens (tertiary/aromatic N) is 3. The van der Waals surface area contributed by atoms with E-state index in [-0.39, 0.29) is 0 Å². The number of nitrogens with one attached hydrogen (secondary N) is 1. The molecule has 0 radical (unpaired) electrons. The third kappa shape index (κ3) is 4.04. The molecular formula is C21H28N6O. The minimum atomic E-state index is 0.323. The van der Waals surface area contributed by atoms with Crippen molar-refractivity contribution in [3.05, 3.63) is 42.2 Å². The van der Waals surface area contributed by atoms with E-state index >= 15 is 0 Å². The third-order valence-corrected chi connectivity index (χ3v) is 5.26. The highest BCUT2D eigenvalue weighted by molar-refractivity contribution is 5.75. The van der Waals surface area contributed by atoms with Crippen LogP contribution >= 0.6 is 0 Å². The summed E-state index contributed by atoms with van der Waals surface area (Å²) in [4.78, 5) is 4.87. The molecule has 4 rings (SSSR count). The van der Waals surface area contributed by atoms with Gasteiger partial charge in [-0.15, -0.1) is 5.10 Å². The van der Waals surface area contributed by atoms with Gasteiger partial charge in [0.2, 0.25) is 0 Å². The van der Waals surface area contributed by atoms with Crippen molar-refractivity contribution in [3.8, 4) is 5.75 Å². The number of fused-ring (bicyclic) bond motifs is 1. The summed E-state index contributed by atoms with van der Waals surface area (Å²) in [6.45, 7) is 2.81. The minimum Gasteiger partial charge on any atom is -0.494 e. The number of rotatable bonds is 6. The van der Waals surface area contributed by atoms with Crippen molar-refractivity contribution >= 4 is 22.8 Å². The number of nitrogens with two attached hydrogens (primary N) is 2. The number of aromatic nitrogens is 3. The number of anilines is 3. The lowest BCUT2D eigenvalue weighted by Crippen LogP contribution is -2.25. The molecule has 0 saturated heterocycles. The first-order valence-electron chi connectivity index (χ1n) is 10.0. The smallest absolute Gasteiger partial charge is 0.177 e. The fourth-order valence-electron chi connectivity index (χ4n) is 3.73. The molecule has 0 atom stereocenters. The van der Waals surface area contributed by atoms with Gasteiger partial charge >= 0.3 is 0 Å². The molecule has 0 amide bonds. The highest BCUT2D eigenvalue weighted by atomic mass is 16.5. The molecule has 0 bridgehead atoms. The molecule has 0 spiro atoms. The Morgan fingerprint density at radius 2 is 1.93 bits per heavy atom. The number of nitrogen functional groups attached to an aromatic ring is 1. The van der Waals surface area contributed by atoms with E-state index in [9.17, 15) is 0 Å². The van der Waals surface area contributed by atoms with Crippen LogP contribution in [0.3, 0.4) is 0 Å². The van der Waals surface area contributed by atoms with E-state index in [2.05, 4.69) is 17.3 Å². The van der Waals surface area contributed by atoms with Crippen molar-refractivity contribution in [1.29, 1.82) is 0 Å². The molecular weight excluding hydrogens is 352 g/mol. The summed E-state index contributed by atoms with van der Waals surface area (Å²) in [5.74, 6) is 1.75. The third-order valence-electron chi connectivity index (χ3n) is 5.26. The number of hydrogen-bond acceptors (Lipinski definition) is 6. The van der Waals surface area contributed by atoms with Gasteiger partial charge in [-0.1, -0.05) is 6.92 Å². The summed E-state index contributed by atoms with van der Waals surface area (Å²) in [5, 5.41) is 7.82. The molecule has 7 heteroatoms.